The van der Waals surface area contributed by atoms with E-state index in [-0.39, 0.29) is 18.9 Å². The third kappa shape index (κ3) is 18.6. The highest BCUT2D eigenvalue weighted by Gasteiger charge is 2.51. The van der Waals surface area contributed by atoms with Crippen molar-refractivity contribution in [3.63, 3.8) is 0 Å². The topological polar surface area (TPSA) is 145 Å². The number of rotatable bonds is 30. The maximum Gasteiger partial charge on any atom is 0.261 e. The smallest absolute Gasteiger partial charge is 0.261 e. The summed E-state index contributed by atoms with van der Waals surface area (Å²) in [5.74, 6) is -1.87. The van der Waals surface area contributed by atoms with E-state index in [1.165, 1.54) is 109 Å². The quantitative estimate of drug-likeness (QED) is 0.0577. The second kappa shape index (κ2) is 28.3. The second-order valence-corrected chi connectivity index (χ2v) is 14.3. The molecule has 0 aliphatic carbocycles. The highest BCUT2D eigenvalue weighted by molar-refractivity contribution is 5.97. The number of ketones is 1. The molecule has 1 rings (SSSR count). The SMILES string of the molecule is CCCCCCCCCCCCCCCCCCN(C(=O)CCCCCCCCCCC)C(=O)[C@@H]1O[C@H](C(O)C(C)=O)[C@@H](O)[C@H](O)[C@H]1O. The molecule has 1 saturated heterocycles. The molecule has 1 aliphatic rings. The minimum Gasteiger partial charge on any atom is -0.387 e. The largest absolute Gasteiger partial charge is 0.387 e. The molecule has 282 valence electrons. The van der Waals surface area contributed by atoms with Crippen molar-refractivity contribution < 1.29 is 39.5 Å². The van der Waals surface area contributed by atoms with Crippen LogP contribution in [0.15, 0.2) is 0 Å². The molecular formula is C39H73NO8. The second-order valence-electron chi connectivity index (χ2n) is 14.3. The van der Waals surface area contributed by atoms with E-state index in [1.54, 1.807) is 0 Å². The number of ether oxygens (including phenoxy) is 1. The molecule has 1 fully saturated rings. The normalized spacial score (nSPS) is 21.7. The number of imide groups is 1. The third-order valence-corrected chi connectivity index (χ3v) is 9.92. The van der Waals surface area contributed by atoms with Gasteiger partial charge in [0.05, 0.1) is 0 Å². The molecule has 1 aliphatic heterocycles. The van der Waals surface area contributed by atoms with Crippen LogP contribution in [0, 0.1) is 0 Å². The molecule has 1 unspecified atom stereocenters. The van der Waals surface area contributed by atoms with Crippen molar-refractivity contribution in [2.24, 2.45) is 0 Å². The number of unbranched alkanes of at least 4 members (excludes halogenated alkanes) is 23. The van der Waals surface area contributed by atoms with E-state index in [0.29, 0.717) is 12.8 Å². The predicted octanol–water partition coefficient (Wildman–Crippen LogP) is 7.32. The minimum atomic E-state index is -1.82. The van der Waals surface area contributed by atoms with Gasteiger partial charge in [-0.3, -0.25) is 19.3 Å². The highest BCUT2D eigenvalue weighted by Crippen LogP contribution is 2.26. The van der Waals surface area contributed by atoms with Crippen molar-refractivity contribution in [1.29, 1.82) is 0 Å². The van der Waals surface area contributed by atoms with E-state index >= 15 is 0 Å². The monoisotopic (exact) mass is 684 g/mol. The number of nitrogens with zero attached hydrogens (tertiary/aromatic N) is 1. The highest BCUT2D eigenvalue weighted by atomic mass is 16.6. The lowest BCUT2D eigenvalue weighted by molar-refractivity contribution is -0.240. The average Bonchev–Trinajstić information content (AvgIpc) is 3.07. The van der Waals surface area contributed by atoms with Crippen LogP contribution >= 0.6 is 0 Å². The molecule has 0 bridgehead atoms. The summed E-state index contributed by atoms with van der Waals surface area (Å²) in [6.07, 6.45) is 19.0. The van der Waals surface area contributed by atoms with Crippen LogP contribution in [-0.4, -0.2) is 86.1 Å². The summed E-state index contributed by atoms with van der Waals surface area (Å²) >= 11 is 0. The summed E-state index contributed by atoms with van der Waals surface area (Å²) in [7, 11) is 0. The van der Waals surface area contributed by atoms with E-state index < -0.39 is 48.3 Å². The van der Waals surface area contributed by atoms with Crippen molar-refractivity contribution in [2.75, 3.05) is 6.54 Å². The summed E-state index contributed by atoms with van der Waals surface area (Å²) in [5.41, 5.74) is 0. The number of carbonyl (C=O) groups is 3. The van der Waals surface area contributed by atoms with Crippen molar-refractivity contribution >= 4 is 17.6 Å². The Labute approximate surface area is 292 Å². The lowest BCUT2D eigenvalue weighted by Gasteiger charge is -2.42. The van der Waals surface area contributed by atoms with Gasteiger partial charge in [0.2, 0.25) is 5.91 Å². The van der Waals surface area contributed by atoms with Crippen LogP contribution in [0.1, 0.15) is 188 Å². The first-order valence-corrected chi connectivity index (χ1v) is 19.9. The minimum absolute atomic E-state index is 0.165. The number of amides is 2. The van der Waals surface area contributed by atoms with Gasteiger partial charge in [-0.1, -0.05) is 162 Å². The van der Waals surface area contributed by atoms with Crippen LogP contribution in [0.5, 0.6) is 0 Å². The maximum atomic E-state index is 13.7. The average molecular weight is 684 g/mol. The van der Waals surface area contributed by atoms with Crippen LogP contribution in [-0.2, 0) is 19.1 Å². The van der Waals surface area contributed by atoms with E-state index in [9.17, 15) is 34.8 Å². The molecule has 9 nitrogen and oxygen atoms in total. The number of hydrogen-bond donors (Lipinski definition) is 4. The maximum absolute atomic E-state index is 13.7. The fourth-order valence-electron chi connectivity index (χ4n) is 6.65. The molecule has 0 spiro atoms. The molecule has 9 heteroatoms. The zero-order valence-corrected chi connectivity index (χ0v) is 30.9. The Kier molecular flexibility index (Phi) is 26.3. The lowest BCUT2D eigenvalue weighted by atomic mass is 9.90. The van der Waals surface area contributed by atoms with Crippen LogP contribution in [0.2, 0.25) is 0 Å². The molecule has 1 heterocycles. The van der Waals surface area contributed by atoms with Gasteiger partial charge >= 0.3 is 0 Å². The molecule has 0 aromatic rings. The van der Waals surface area contributed by atoms with Gasteiger partial charge in [0.1, 0.15) is 30.5 Å². The van der Waals surface area contributed by atoms with Gasteiger partial charge in [0, 0.05) is 13.0 Å². The van der Waals surface area contributed by atoms with Gasteiger partial charge in [-0.25, -0.2) is 0 Å². The molecule has 6 atom stereocenters. The first-order valence-electron chi connectivity index (χ1n) is 19.9. The van der Waals surface area contributed by atoms with Crippen molar-refractivity contribution in [1.82, 2.24) is 4.90 Å². The standard InChI is InChI=1S/C39H73NO8/c1-4-6-8-10-12-14-15-16-17-18-19-20-22-24-26-28-30-40(32(42)29-27-25-23-21-13-11-9-7-5-2)39(47)38-36(46)34(44)35(45)37(48-38)33(43)31(3)41/h33-38,43-46H,4-30H2,1-3H3/t33?,34-,35-,36+,37+,38+/m0/s1. The van der Waals surface area contributed by atoms with Crippen molar-refractivity contribution in [3.05, 3.63) is 0 Å². The molecule has 2 amide bonds. The summed E-state index contributed by atoms with van der Waals surface area (Å²) in [5, 5.41) is 41.7. The molecule has 0 aromatic heterocycles. The fourth-order valence-corrected chi connectivity index (χ4v) is 6.65. The first kappa shape index (κ1) is 44.6. The zero-order chi connectivity index (χ0) is 35.6. The molecule has 0 radical (unpaired) electrons. The van der Waals surface area contributed by atoms with E-state index in [4.69, 9.17) is 4.74 Å². The van der Waals surface area contributed by atoms with Gasteiger partial charge in [0.15, 0.2) is 11.9 Å². The Bertz CT molecular complexity index is 839. The molecule has 0 saturated carbocycles. The number of hydrogen-bond acceptors (Lipinski definition) is 8. The third-order valence-electron chi connectivity index (χ3n) is 9.92. The Morgan fingerprint density at radius 1 is 0.562 bits per heavy atom. The van der Waals surface area contributed by atoms with Crippen LogP contribution in [0.4, 0.5) is 0 Å². The molecule has 48 heavy (non-hydrogen) atoms. The molecule has 4 N–H and O–H groups in total. The summed E-state index contributed by atoms with van der Waals surface area (Å²) < 4.78 is 5.55. The Morgan fingerprint density at radius 2 is 0.938 bits per heavy atom. The van der Waals surface area contributed by atoms with Crippen LogP contribution < -0.4 is 0 Å². The number of aliphatic hydroxyl groups excluding tert-OH is 4. The Morgan fingerprint density at radius 3 is 1.33 bits per heavy atom. The van der Waals surface area contributed by atoms with E-state index in [0.717, 1.165) is 50.3 Å². The van der Waals surface area contributed by atoms with E-state index in [1.807, 2.05) is 0 Å². The summed E-state index contributed by atoms with van der Waals surface area (Å²) in [6.45, 7) is 5.72. The zero-order valence-electron chi connectivity index (χ0n) is 30.9. The van der Waals surface area contributed by atoms with Gasteiger partial charge in [-0.05, 0) is 19.8 Å². The van der Waals surface area contributed by atoms with Crippen molar-refractivity contribution in [2.45, 2.75) is 224 Å². The number of aliphatic hydroxyl groups is 4. The van der Waals surface area contributed by atoms with E-state index in [2.05, 4.69) is 13.8 Å². The fraction of sp³-hybridized carbons (Fsp3) is 0.923. The lowest BCUT2D eigenvalue weighted by Crippen LogP contribution is -2.65. The Balaban J connectivity index is 2.55. The van der Waals surface area contributed by atoms with Gasteiger partial charge in [-0.2, -0.15) is 0 Å². The molecular weight excluding hydrogens is 610 g/mol. The van der Waals surface area contributed by atoms with Crippen LogP contribution in [0.25, 0.3) is 0 Å². The summed E-state index contributed by atoms with van der Waals surface area (Å²) in [6, 6.07) is 0. The first-order chi connectivity index (χ1) is 23.2. The molecule has 0 aromatic carbocycles. The number of carbonyl (C=O) groups excluding carboxylic acids is 3. The van der Waals surface area contributed by atoms with Gasteiger partial charge in [-0.15, -0.1) is 0 Å². The predicted molar refractivity (Wildman–Crippen MR) is 191 cm³/mol. The van der Waals surface area contributed by atoms with Gasteiger partial charge < -0.3 is 25.2 Å². The van der Waals surface area contributed by atoms with Gasteiger partial charge in [0.25, 0.3) is 5.91 Å². The number of Topliss-reactive ketones (excluding diaryl/α,β-unsaturated/α-hetero) is 1. The Hall–Kier alpha value is -1.39. The summed E-state index contributed by atoms with van der Waals surface area (Å²) in [4.78, 5) is 39.9. The van der Waals surface area contributed by atoms with Crippen LogP contribution in [0.3, 0.4) is 0 Å². The van der Waals surface area contributed by atoms with Crippen molar-refractivity contribution in [3.8, 4) is 0 Å².